The van der Waals surface area contributed by atoms with Crippen LogP contribution in [-0.4, -0.2) is 26.2 Å². The van der Waals surface area contributed by atoms with Crippen molar-refractivity contribution in [2.45, 2.75) is 26.7 Å². The van der Waals surface area contributed by atoms with Gasteiger partial charge in [-0.05, 0) is 18.8 Å². The quantitative estimate of drug-likeness (QED) is 0.499. The predicted molar refractivity (Wildman–Crippen MR) is 51.6 cm³/mol. The fourth-order valence-electron chi connectivity index (χ4n) is 1.12. The molecule has 0 aliphatic carbocycles. The van der Waals surface area contributed by atoms with Gasteiger partial charge in [0.25, 0.3) is 0 Å². The summed E-state index contributed by atoms with van der Waals surface area (Å²) in [5.74, 6) is -1.35. The van der Waals surface area contributed by atoms with Gasteiger partial charge in [0.2, 0.25) is 0 Å². The van der Waals surface area contributed by atoms with E-state index in [0.717, 1.165) is 6.42 Å². The molecule has 0 saturated heterocycles. The molecule has 0 aromatic carbocycles. The van der Waals surface area contributed by atoms with Crippen molar-refractivity contribution in [3.63, 3.8) is 0 Å². The molecule has 0 amide bonds. The van der Waals surface area contributed by atoms with Crippen LogP contribution in [0.1, 0.15) is 26.7 Å². The Morgan fingerprint density at radius 2 is 1.43 bits per heavy atom. The van der Waals surface area contributed by atoms with Crippen LogP contribution in [0.15, 0.2) is 0 Å². The fourth-order valence-corrected chi connectivity index (χ4v) is 1.12. The number of carbonyl (C=O) groups is 2. The Bertz CT molecular complexity index is 182. The Morgan fingerprint density at radius 1 is 1.00 bits per heavy atom. The van der Waals surface area contributed by atoms with Crippen molar-refractivity contribution in [1.82, 2.24) is 0 Å². The molecule has 0 heterocycles. The zero-order valence-corrected chi connectivity index (χ0v) is 9.20. The summed E-state index contributed by atoms with van der Waals surface area (Å²) in [5, 5.41) is 0. The van der Waals surface area contributed by atoms with E-state index < -0.39 is 17.9 Å². The van der Waals surface area contributed by atoms with Crippen LogP contribution in [0, 0.1) is 11.8 Å². The van der Waals surface area contributed by atoms with Gasteiger partial charge in [-0.1, -0.05) is 13.8 Å². The molecule has 0 spiro atoms. The highest BCUT2D eigenvalue weighted by Gasteiger charge is 2.28. The molecule has 0 unspecified atom stereocenters. The van der Waals surface area contributed by atoms with Crippen LogP contribution < -0.4 is 0 Å². The van der Waals surface area contributed by atoms with Crippen LogP contribution >= 0.6 is 0 Å². The first-order valence-electron chi connectivity index (χ1n) is 4.68. The molecule has 0 aliphatic rings. The van der Waals surface area contributed by atoms with Gasteiger partial charge in [-0.25, -0.2) is 0 Å². The zero-order valence-electron chi connectivity index (χ0n) is 9.20. The van der Waals surface area contributed by atoms with Gasteiger partial charge in [0.1, 0.15) is 0 Å². The van der Waals surface area contributed by atoms with Crippen LogP contribution in [0.2, 0.25) is 0 Å². The second-order valence-electron chi connectivity index (χ2n) is 3.57. The minimum atomic E-state index is -0.771. The second-order valence-corrected chi connectivity index (χ2v) is 3.57. The Balaban J connectivity index is 4.25. The molecular formula is C10H18O4. The van der Waals surface area contributed by atoms with Gasteiger partial charge < -0.3 is 9.47 Å². The second kappa shape index (κ2) is 6.40. The number of hydrogen-bond acceptors (Lipinski definition) is 4. The molecule has 0 bridgehead atoms. The van der Waals surface area contributed by atoms with Crippen molar-refractivity contribution in [2.75, 3.05) is 14.2 Å². The summed E-state index contributed by atoms with van der Waals surface area (Å²) in [5.41, 5.74) is 0. The van der Waals surface area contributed by atoms with E-state index in [2.05, 4.69) is 9.47 Å². The topological polar surface area (TPSA) is 52.6 Å². The molecule has 0 rings (SSSR count). The van der Waals surface area contributed by atoms with Crippen LogP contribution in [-0.2, 0) is 19.1 Å². The average molecular weight is 202 g/mol. The standard InChI is InChI=1S/C10H18O4/c1-7(2)5-6-8(9(11)13-3)10(12)14-4/h7-8H,5-6H2,1-4H3. The average Bonchev–Trinajstić information content (AvgIpc) is 2.16. The summed E-state index contributed by atoms with van der Waals surface area (Å²) in [6, 6.07) is 0. The minimum Gasteiger partial charge on any atom is -0.468 e. The van der Waals surface area contributed by atoms with Gasteiger partial charge in [0.05, 0.1) is 14.2 Å². The number of methoxy groups -OCH3 is 2. The Labute approximate surface area is 84.6 Å². The summed E-state index contributed by atoms with van der Waals surface area (Å²) >= 11 is 0. The molecular weight excluding hydrogens is 184 g/mol. The van der Waals surface area contributed by atoms with Crippen LogP contribution in [0.4, 0.5) is 0 Å². The minimum absolute atomic E-state index is 0.451. The van der Waals surface area contributed by atoms with Crippen LogP contribution in [0.5, 0.6) is 0 Å². The Hall–Kier alpha value is -1.06. The van der Waals surface area contributed by atoms with Gasteiger partial charge in [-0.3, -0.25) is 9.59 Å². The van der Waals surface area contributed by atoms with E-state index in [1.54, 1.807) is 0 Å². The molecule has 0 aromatic heterocycles. The number of hydrogen-bond donors (Lipinski definition) is 0. The van der Waals surface area contributed by atoms with Crippen molar-refractivity contribution >= 4 is 11.9 Å². The first-order valence-corrected chi connectivity index (χ1v) is 4.68. The molecule has 0 aromatic rings. The van der Waals surface area contributed by atoms with E-state index in [-0.39, 0.29) is 0 Å². The molecule has 82 valence electrons. The van der Waals surface area contributed by atoms with Crippen molar-refractivity contribution in [1.29, 1.82) is 0 Å². The third-order valence-corrected chi connectivity index (χ3v) is 2.00. The molecule has 14 heavy (non-hydrogen) atoms. The number of ether oxygens (including phenoxy) is 2. The largest absolute Gasteiger partial charge is 0.468 e. The smallest absolute Gasteiger partial charge is 0.320 e. The van der Waals surface area contributed by atoms with Gasteiger partial charge in [0, 0.05) is 0 Å². The number of carbonyl (C=O) groups excluding carboxylic acids is 2. The monoisotopic (exact) mass is 202 g/mol. The van der Waals surface area contributed by atoms with E-state index in [4.69, 9.17) is 0 Å². The Morgan fingerprint density at radius 3 is 1.71 bits per heavy atom. The lowest BCUT2D eigenvalue weighted by Gasteiger charge is -2.13. The van der Waals surface area contributed by atoms with Crippen molar-refractivity contribution < 1.29 is 19.1 Å². The van der Waals surface area contributed by atoms with E-state index in [0.29, 0.717) is 12.3 Å². The van der Waals surface area contributed by atoms with Gasteiger partial charge in [-0.2, -0.15) is 0 Å². The first kappa shape index (κ1) is 12.9. The summed E-state index contributed by atoms with van der Waals surface area (Å²) in [7, 11) is 2.54. The number of rotatable bonds is 5. The molecule has 4 nitrogen and oxygen atoms in total. The third kappa shape index (κ3) is 4.25. The summed E-state index contributed by atoms with van der Waals surface area (Å²) in [4.78, 5) is 22.4. The molecule has 4 heteroatoms. The third-order valence-electron chi connectivity index (χ3n) is 2.00. The van der Waals surface area contributed by atoms with Gasteiger partial charge in [-0.15, -0.1) is 0 Å². The first-order chi connectivity index (χ1) is 6.52. The zero-order chi connectivity index (χ0) is 11.1. The summed E-state index contributed by atoms with van der Waals surface area (Å²) < 4.78 is 9.06. The lowest BCUT2D eigenvalue weighted by Crippen LogP contribution is -2.26. The maximum atomic E-state index is 11.2. The van der Waals surface area contributed by atoms with Crippen LogP contribution in [0.25, 0.3) is 0 Å². The van der Waals surface area contributed by atoms with Gasteiger partial charge >= 0.3 is 11.9 Å². The predicted octanol–water partition coefficient (Wildman–Crippen LogP) is 1.38. The van der Waals surface area contributed by atoms with Crippen LogP contribution in [0.3, 0.4) is 0 Å². The highest BCUT2D eigenvalue weighted by atomic mass is 16.5. The fraction of sp³-hybridized carbons (Fsp3) is 0.800. The highest BCUT2D eigenvalue weighted by molar-refractivity contribution is 5.94. The molecule has 0 radical (unpaired) electrons. The maximum absolute atomic E-state index is 11.2. The molecule has 0 atom stereocenters. The van der Waals surface area contributed by atoms with E-state index >= 15 is 0 Å². The molecule has 0 aliphatic heterocycles. The van der Waals surface area contributed by atoms with E-state index in [1.807, 2.05) is 13.8 Å². The number of esters is 2. The normalized spacial score (nSPS) is 10.4. The van der Waals surface area contributed by atoms with E-state index in [9.17, 15) is 9.59 Å². The molecule has 0 saturated carbocycles. The summed E-state index contributed by atoms with van der Waals surface area (Å²) in [6.07, 6.45) is 1.28. The SMILES string of the molecule is COC(=O)C(CCC(C)C)C(=O)OC. The van der Waals surface area contributed by atoms with Crippen molar-refractivity contribution in [3.05, 3.63) is 0 Å². The lowest BCUT2D eigenvalue weighted by atomic mass is 9.98. The summed E-state index contributed by atoms with van der Waals surface area (Å²) in [6.45, 7) is 4.07. The molecule has 0 fully saturated rings. The maximum Gasteiger partial charge on any atom is 0.320 e. The highest BCUT2D eigenvalue weighted by Crippen LogP contribution is 2.14. The molecule has 0 N–H and O–H groups in total. The van der Waals surface area contributed by atoms with E-state index in [1.165, 1.54) is 14.2 Å². The van der Waals surface area contributed by atoms with Crippen molar-refractivity contribution in [2.24, 2.45) is 11.8 Å². The lowest BCUT2D eigenvalue weighted by molar-refractivity contribution is -0.159. The van der Waals surface area contributed by atoms with Gasteiger partial charge in [0.15, 0.2) is 5.92 Å². The van der Waals surface area contributed by atoms with Crippen molar-refractivity contribution in [3.8, 4) is 0 Å². The Kier molecular flexibility index (Phi) is 5.92.